The molecule has 0 aliphatic rings. The number of hydrogen-bond acceptors (Lipinski definition) is 5. The molecule has 1 N–H and O–H groups in total. The van der Waals surface area contributed by atoms with E-state index >= 15 is 0 Å². The summed E-state index contributed by atoms with van der Waals surface area (Å²) < 4.78 is 55.4. The summed E-state index contributed by atoms with van der Waals surface area (Å²) in [6, 6.07) is 18.8. The highest BCUT2D eigenvalue weighted by atomic mass is 79.9. The molecule has 0 fully saturated rings. The first kappa shape index (κ1) is 27.9. The summed E-state index contributed by atoms with van der Waals surface area (Å²) in [5.41, 5.74) is 1.58. The molecule has 1 amide bonds. The molecular weight excluding hydrogens is 566 g/mol. The smallest absolute Gasteiger partial charge is 0.264 e. The molecule has 3 rings (SSSR count). The van der Waals surface area contributed by atoms with Crippen LogP contribution in [0.1, 0.15) is 19.4 Å². The normalized spacial score (nSPS) is 11.9. The van der Waals surface area contributed by atoms with E-state index in [0.29, 0.717) is 28.9 Å². The lowest BCUT2D eigenvalue weighted by molar-refractivity contribution is -0.114. The van der Waals surface area contributed by atoms with Gasteiger partial charge in [-0.15, -0.1) is 0 Å². The lowest BCUT2D eigenvalue weighted by atomic mass is 10.2. The van der Waals surface area contributed by atoms with Gasteiger partial charge in [-0.25, -0.2) is 16.8 Å². The Morgan fingerprint density at radius 1 is 0.833 bits per heavy atom. The zero-order valence-electron chi connectivity index (χ0n) is 20.2. The molecule has 8 nitrogen and oxygen atoms in total. The van der Waals surface area contributed by atoms with E-state index < -0.39 is 32.5 Å². The van der Waals surface area contributed by atoms with Gasteiger partial charge in [0.25, 0.3) is 10.0 Å². The van der Waals surface area contributed by atoms with Crippen LogP contribution in [0.25, 0.3) is 0 Å². The number of sulfonamides is 2. The van der Waals surface area contributed by atoms with Crippen LogP contribution < -0.4 is 9.62 Å². The molecule has 11 heteroatoms. The fourth-order valence-corrected chi connectivity index (χ4v) is 6.80. The van der Waals surface area contributed by atoms with Crippen molar-refractivity contribution < 1.29 is 21.6 Å². The average molecular weight is 595 g/mol. The number of anilines is 2. The molecule has 0 heterocycles. The van der Waals surface area contributed by atoms with E-state index in [2.05, 4.69) is 21.2 Å². The fourth-order valence-electron chi connectivity index (χ4n) is 3.54. The van der Waals surface area contributed by atoms with Crippen molar-refractivity contribution in [2.45, 2.75) is 30.6 Å². The van der Waals surface area contributed by atoms with Crippen LogP contribution in [-0.2, 0) is 24.8 Å². The molecule has 0 bridgehead atoms. The molecule has 0 saturated heterocycles. The van der Waals surface area contributed by atoms with Gasteiger partial charge in [0.15, 0.2) is 0 Å². The summed E-state index contributed by atoms with van der Waals surface area (Å²) >= 11 is 3.35. The molecule has 0 saturated carbocycles. The molecule has 0 atom stereocenters. The predicted octanol–water partition coefficient (Wildman–Crippen LogP) is 4.62. The Morgan fingerprint density at radius 2 is 1.39 bits per heavy atom. The zero-order valence-corrected chi connectivity index (χ0v) is 23.4. The molecule has 192 valence electrons. The second-order valence-electron chi connectivity index (χ2n) is 7.97. The minimum Gasteiger partial charge on any atom is -0.325 e. The molecule has 3 aromatic rings. The Bertz CT molecular complexity index is 1420. The van der Waals surface area contributed by atoms with Crippen molar-refractivity contribution in [3.63, 3.8) is 0 Å². The number of halogens is 1. The van der Waals surface area contributed by atoms with Crippen LogP contribution in [0.15, 0.2) is 87.1 Å². The van der Waals surface area contributed by atoms with Gasteiger partial charge in [-0.3, -0.25) is 9.10 Å². The van der Waals surface area contributed by atoms with E-state index in [4.69, 9.17) is 0 Å². The Balaban J connectivity index is 1.86. The lowest BCUT2D eigenvalue weighted by Gasteiger charge is -2.24. The van der Waals surface area contributed by atoms with Gasteiger partial charge in [-0.1, -0.05) is 53.5 Å². The molecular formula is C25H28BrN3O5S2. The Kier molecular flexibility index (Phi) is 8.93. The number of carbonyl (C=O) groups is 1. The second kappa shape index (κ2) is 11.5. The van der Waals surface area contributed by atoms with E-state index in [1.807, 2.05) is 6.92 Å². The van der Waals surface area contributed by atoms with Crippen molar-refractivity contribution in [1.82, 2.24) is 4.31 Å². The van der Waals surface area contributed by atoms with E-state index in [1.165, 1.54) is 40.7 Å². The van der Waals surface area contributed by atoms with Crippen molar-refractivity contribution in [2.75, 3.05) is 29.3 Å². The molecule has 0 aromatic heterocycles. The summed E-state index contributed by atoms with van der Waals surface area (Å²) in [4.78, 5) is 13.1. The predicted molar refractivity (Wildman–Crippen MR) is 145 cm³/mol. The van der Waals surface area contributed by atoms with Gasteiger partial charge in [0.2, 0.25) is 15.9 Å². The van der Waals surface area contributed by atoms with Crippen LogP contribution in [0.4, 0.5) is 11.4 Å². The van der Waals surface area contributed by atoms with Gasteiger partial charge >= 0.3 is 0 Å². The van der Waals surface area contributed by atoms with Crippen LogP contribution in [-0.4, -0.2) is 46.7 Å². The maximum atomic E-state index is 13.5. The summed E-state index contributed by atoms with van der Waals surface area (Å²) in [5.74, 6) is -0.579. The number of aryl methyl sites for hydroxylation is 1. The largest absolute Gasteiger partial charge is 0.325 e. The molecule has 0 aliphatic heterocycles. The summed E-state index contributed by atoms with van der Waals surface area (Å²) in [6.07, 6.45) is 0. The van der Waals surface area contributed by atoms with Gasteiger partial charge in [0, 0.05) is 23.2 Å². The number of hydrogen-bond donors (Lipinski definition) is 1. The monoisotopic (exact) mass is 593 g/mol. The average Bonchev–Trinajstić information content (AvgIpc) is 2.83. The topological polar surface area (TPSA) is 104 Å². The summed E-state index contributed by atoms with van der Waals surface area (Å²) in [7, 11) is -7.68. The van der Waals surface area contributed by atoms with E-state index in [1.54, 1.807) is 50.2 Å². The Morgan fingerprint density at radius 3 is 1.94 bits per heavy atom. The van der Waals surface area contributed by atoms with Crippen LogP contribution in [0.3, 0.4) is 0 Å². The minimum atomic E-state index is -4.05. The van der Waals surface area contributed by atoms with Gasteiger partial charge in [-0.05, 0) is 61.5 Å². The van der Waals surface area contributed by atoms with Crippen molar-refractivity contribution in [2.24, 2.45) is 0 Å². The van der Waals surface area contributed by atoms with Gasteiger partial charge in [-0.2, -0.15) is 4.31 Å². The van der Waals surface area contributed by atoms with Gasteiger partial charge in [0.05, 0.1) is 15.5 Å². The standard InChI is InChI=1S/C25H28BrN3O5S2/c1-4-28(5-2)35(31,32)23-15-11-21(12-16-23)27-25(30)18-29(22-8-6-7-20(26)17-22)36(33,34)24-13-9-19(3)10-14-24/h6-17H,4-5,18H2,1-3H3,(H,27,30). The number of rotatable bonds is 10. The summed E-state index contributed by atoms with van der Waals surface area (Å²) in [6.45, 7) is 5.59. The van der Waals surface area contributed by atoms with Gasteiger partial charge < -0.3 is 5.32 Å². The summed E-state index contributed by atoms with van der Waals surface area (Å²) in [5, 5.41) is 2.66. The Hall–Kier alpha value is -2.73. The fraction of sp³-hybridized carbons (Fsp3) is 0.240. The Labute approximate surface area is 221 Å². The maximum Gasteiger partial charge on any atom is 0.264 e. The third-order valence-electron chi connectivity index (χ3n) is 5.47. The minimum absolute atomic E-state index is 0.0619. The first-order valence-corrected chi connectivity index (χ1v) is 14.9. The third kappa shape index (κ3) is 6.33. The molecule has 0 unspecified atom stereocenters. The van der Waals surface area contributed by atoms with Crippen molar-refractivity contribution in [3.8, 4) is 0 Å². The number of amides is 1. The number of benzene rings is 3. The SMILES string of the molecule is CCN(CC)S(=O)(=O)c1ccc(NC(=O)CN(c2cccc(Br)c2)S(=O)(=O)c2ccc(C)cc2)cc1. The van der Waals surface area contributed by atoms with E-state index in [9.17, 15) is 21.6 Å². The first-order chi connectivity index (χ1) is 17.0. The maximum absolute atomic E-state index is 13.5. The molecule has 3 aromatic carbocycles. The third-order valence-corrected chi connectivity index (χ3v) is 9.82. The first-order valence-electron chi connectivity index (χ1n) is 11.2. The van der Waals surface area contributed by atoms with E-state index in [0.717, 1.165) is 9.87 Å². The highest BCUT2D eigenvalue weighted by Gasteiger charge is 2.28. The highest BCUT2D eigenvalue weighted by molar-refractivity contribution is 9.10. The lowest BCUT2D eigenvalue weighted by Crippen LogP contribution is -2.38. The van der Waals surface area contributed by atoms with Crippen molar-refractivity contribution >= 4 is 53.3 Å². The molecule has 36 heavy (non-hydrogen) atoms. The quantitative estimate of drug-likeness (QED) is 0.369. The van der Waals surface area contributed by atoms with Gasteiger partial charge in [0.1, 0.15) is 6.54 Å². The van der Waals surface area contributed by atoms with Crippen LogP contribution in [0, 0.1) is 6.92 Å². The second-order valence-corrected chi connectivity index (χ2v) is 12.7. The number of nitrogens with one attached hydrogen (secondary N) is 1. The highest BCUT2D eigenvalue weighted by Crippen LogP contribution is 2.27. The van der Waals surface area contributed by atoms with Crippen molar-refractivity contribution in [1.29, 1.82) is 0 Å². The van der Waals surface area contributed by atoms with Crippen molar-refractivity contribution in [3.05, 3.63) is 82.8 Å². The number of carbonyl (C=O) groups excluding carboxylic acids is 1. The van der Waals surface area contributed by atoms with Crippen LogP contribution in [0.2, 0.25) is 0 Å². The molecule has 0 radical (unpaired) electrons. The number of nitrogens with zero attached hydrogens (tertiary/aromatic N) is 2. The molecule has 0 spiro atoms. The van der Waals surface area contributed by atoms with Crippen LogP contribution in [0.5, 0.6) is 0 Å². The van der Waals surface area contributed by atoms with E-state index in [-0.39, 0.29) is 9.79 Å². The molecule has 0 aliphatic carbocycles. The van der Waals surface area contributed by atoms with Crippen LogP contribution >= 0.6 is 15.9 Å². The zero-order chi connectivity index (χ0) is 26.5.